The van der Waals surface area contributed by atoms with E-state index >= 15 is 0 Å². The topological polar surface area (TPSA) is 91.1 Å². The molecular weight excluding hydrogens is 769 g/mol. The summed E-state index contributed by atoms with van der Waals surface area (Å²) < 4.78 is 18.6. The lowest BCUT2D eigenvalue weighted by atomic mass is 9.48. The van der Waals surface area contributed by atoms with Gasteiger partial charge in [-0.25, -0.2) is 0 Å². The third-order valence-corrected chi connectivity index (χ3v) is 17.1. The molecule has 7 nitrogen and oxygen atoms in total. The highest BCUT2D eigenvalue weighted by atomic mass is 16.5. The average molecular weight is 867 g/mol. The van der Waals surface area contributed by atoms with Crippen molar-refractivity contribution in [2.24, 2.45) is 75.2 Å². The molecule has 0 bridgehead atoms. The first-order valence-electron chi connectivity index (χ1n) is 25.8. The molecule has 11 atom stereocenters. The number of esters is 2. The second-order valence-electron chi connectivity index (χ2n) is 24.1. The molecule has 4 aliphatic carbocycles. The number of carbonyl (C=O) groups is 2. The molecule has 4 aliphatic rings. The van der Waals surface area contributed by atoms with Gasteiger partial charge in [-0.05, 0) is 169 Å². The van der Waals surface area contributed by atoms with E-state index in [0.29, 0.717) is 30.3 Å². The standard InChI is InChI=1S/C55H98N2O5/c1-38(2)21-18-22-40(5)44-27-28-46-45-26-25-42-36-43(29-31-54(42,11)47(45)35-41(6)50(44)46)60-33-17-15-16-23-48(62-49(58)24-19-32-57(13)14)53(9,10)55(12,56)51(59)61-34-20-30-52(7,8)37-39(3)4/h20,25,30,38-41,43-48,50H,15-19,21-24,26-29,31-37,56H2,1-14H3/b30-20-/t40-,41-,43+,44-,45?,46?,47?,48?,50?,54+,55?/m1/s1. The molecule has 0 spiro atoms. The summed E-state index contributed by atoms with van der Waals surface area (Å²) in [6, 6.07) is 0. The number of rotatable bonds is 25. The molecule has 6 unspecified atom stereocenters. The van der Waals surface area contributed by atoms with E-state index in [0.717, 1.165) is 105 Å². The van der Waals surface area contributed by atoms with Gasteiger partial charge >= 0.3 is 11.9 Å². The van der Waals surface area contributed by atoms with Gasteiger partial charge in [-0.15, -0.1) is 0 Å². The van der Waals surface area contributed by atoms with Crippen molar-refractivity contribution >= 4 is 11.9 Å². The largest absolute Gasteiger partial charge is 0.462 e. The number of ether oxygens (including phenoxy) is 3. The number of nitrogens with zero attached hydrogens (tertiary/aromatic N) is 1. The van der Waals surface area contributed by atoms with Gasteiger partial charge in [0.05, 0.1) is 6.10 Å². The van der Waals surface area contributed by atoms with Crippen LogP contribution < -0.4 is 5.73 Å². The fourth-order valence-electron chi connectivity index (χ4n) is 13.2. The highest BCUT2D eigenvalue weighted by molar-refractivity contribution is 5.81. The number of hydrogen-bond acceptors (Lipinski definition) is 7. The van der Waals surface area contributed by atoms with E-state index < -0.39 is 23.0 Å². The van der Waals surface area contributed by atoms with Gasteiger partial charge in [0.25, 0.3) is 0 Å². The van der Waals surface area contributed by atoms with Gasteiger partial charge in [0, 0.05) is 18.4 Å². The Morgan fingerprint density at radius 1 is 0.919 bits per heavy atom. The Morgan fingerprint density at radius 2 is 1.65 bits per heavy atom. The Hall–Kier alpha value is -1.70. The summed E-state index contributed by atoms with van der Waals surface area (Å²) in [7, 11) is 4.01. The number of carbonyl (C=O) groups excluding carboxylic acids is 2. The Kier molecular flexibility index (Phi) is 19.8. The Bertz CT molecular complexity index is 1460. The van der Waals surface area contributed by atoms with E-state index in [-0.39, 0.29) is 18.0 Å². The normalized spacial score (nSPS) is 29.8. The number of hydrogen-bond donors (Lipinski definition) is 1. The van der Waals surface area contributed by atoms with Crippen LogP contribution in [0.3, 0.4) is 0 Å². The maximum atomic E-state index is 13.6. The van der Waals surface area contributed by atoms with Crippen molar-refractivity contribution < 1.29 is 23.8 Å². The Balaban J connectivity index is 1.28. The van der Waals surface area contributed by atoms with Crippen molar-refractivity contribution in [1.82, 2.24) is 4.90 Å². The molecular formula is C55H98N2O5. The minimum Gasteiger partial charge on any atom is -0.462 e. The molecule has 0 amide bonds. The second-order valence-corrected chi connectivity index (χ2v) is 24.1. The summed E-state index contributed by atoms with van der Waals surface area (Å²) in [5.41, 5.74) is 6.68. The van der Waals surface area contributed by atoms with Gasteiger partial charge in [0.1, 0.15) is 18.2 Å². The quantitative estimate of drug-likeness (QED) is 0.0555. The molecule has 3 fully saturated rings. The first-order valence-corrected chi connectivity index (χ1v) is 25.8. The number of nitrogens with two attached hydrogens (primary N) is 1. The fourth-order valence-corrected chi connectivity index (χ4v) is 13.2. The maximum Gasteiger partial charge on any atom is 0.326 e. The summed E-state index contributed by atoms with van der Waals surface area (Å²) in [6.45, 7) is 28.8. The van der Waals surface area contributed by atoms with Crippen LogP contribution in [0, 0.1) is 69.5 Å². The van der Waals surface area contributed by atoms with Gasteiger partial charge < -0.3 is 24.8 Å². The van der Waals surface area contributed by atoms with Crippen molar-refractivity contribution in [3.63, 3.8) is 0 Å². The molecule has 0 saturated heterocycles. The zero-order valence-electron chi connectivity index (χ0n) is 42.8. The highest BCUT2D eigenvalue weighted by Crippen LogP contribution is 2.64. The molecule has 62 heavy (non-hydrogen) atoms. The van der Waals surface area contributed by atoms with Crippen LogP contribution in [-0.4, -0.2) is 68.4 Å². The molecule has 4 rings (SSSR count). The molecule has 0 aromatic rings. The minimum atomic E-state index is -1.36. The third kappa shape index (κ3) is 13.9. The van der Waals surface area contributed by atoms with E-state index in [1.807, 2.05) is 34.0 Å². The molecule has 7 heteroatoms. The third-order valence-electron chi connectivity index (χ3n) is 17.1. The monoisotopic (exact) mass is 867 g/mol. The van der Waals surface area contributed by atoms with Gasteiger partial charge in [0.15, 0.2) is 0 Å². The maximum absolute atomic E-state index is 13.6. The summed E-state index contributed by atoms with van der Waals surface area (Å²) in [5, 5.41) is 0. The van der Waals surface area contributed by atoms with Crippen LogP contribution in [0.4, 0.5) is 0 Å². The van der Waals surface area contributed by atoms with Crippen LogP contribution in [0.15, 0.2) is 23.8 Å². The first-order chi connectivity index (χ1) is 29.0. The van der Waals surface area contributed by atoms with E-state index in [1.165, 1.54) is 51.4 Å². The van der Waals surface area contributed by atoms with Gasteiger partial charge in [-0.3, -0.25) is 9.59 Å². The lowest BCUT2D eigenvalue weighted by molar-refractivity contribution is -0.169. The molecule has 3 saturated carbocycles. The van der Waals surface area contributed by atoms with Crippen molar-refractivity contribution in [3.8, 4) is 0 Å². The smallest absolute Gasteiger partial charge is 0.326 e. The van der Waals surface area contributed by atoms with Gasteiger partial charge in [-0.1, -0.05) is 126 Å². The van der Waals surface area contributed by atoms with E-state index in [4.69, 9.17) is 19.9 Å². The van der Waals surface area contributed by atoms with Crippen molar-refractivity contribution in [2.75, 3.05) is 33.9 Å². The minimum absolute atomic E-state index is 0.0146. The molecule has 0 aliphatic heterocycles. The fraction of sp³-hybridized carbons (Fsp3) is 0.891. The van der Waals surface area contributed by atoms with Crippen LogP contribution in [0.5, 0.6) is 0 Å². The van der Waals surface area contributed by atoms with E-state index in [9.17, 15) is 9.59 Å². The molecule has 0 aromatic heterocycles. The summed E-state index contributed by atoms with van der Waals surface area (Å²) in [4.78, 5) is 28.8. The van der Waals surface area contributed by atoms with Gasteiger partial charge in [0.2, 0.25) is 0 Å². The van der Waals surface area contributed by atoms with Crippen molar-refractivity contribution in [1.29, 1.82) is 0 Å². The van der Waals surface area contributed by atoms with E-state index in [1.54, 1.807) is 12.5 Å². The van der Waals surface area contributed by atoms with Crippen molar-refractivity contribution in [3.05, 3.63) is 23.8 Å². The summed E-state index contributed by atoms with van der Waals surface area (Å²) >= 11 is 0. The lowest BCUT2D eigenvalue weighted by Crippen LogP contribution is -2.62. The van der Waals surface area contributed by atoms with Crippen LogP contribution >= 0.6 is 0 Å². The predicted molar refractivity (Wildman–Crippen MR) is 259 cm³/mol. The zero-order valence-corrected chi connectivity index (χ0v) is 42.8. The molecule has 2 N–H and O–H groups in total. The van der Waals surface area contributed by atoms with E-state index in [2.05, 4.69) is 79.4 Å². The number of allylic oxidation sites excluding steroid dienone is 2. The summed E-state index contributed by atoms with van der Waals surface area (Å²) in [5.74, 6) is 6.89. The van der Waals surface area contributed by atoms with Crippen LogP contribution in [-0.2, 0) is 23.8 Å². The molecule has 0 aromatic carbocycles. The molecule has 358 valence electrons. The first kappa shape index (κ1) is 52.9. The predicted octanol–water partition coefficient (Wildman–Crippen LogP) is 13.0. The zero-order chi connectivity index (χ0) is 46.0. The highest BCUT2D eigenvalue weighted by Gasteiger charge is 2.57. The van der Waals surface area contributed by atoms with Crippen LogP contribution in [0.25, 0.3) is 0 Å². The lowest BCUT2D eigenvalue weighted by Gasteiger charge is -2.57. The summed E-state index contributed by atoms with van der Waals surface area (Å²) in [6.07, 6.45) is 25.4. The second kappa shape index (κ2) is 23.2. The Morgan fingerprint density at radius 3 is 2.32 bits per heavy atom. The SMILES string of the molecule is CC(C)CCC[C@@H](C)[C@H]1CCC2C3CC=C4C[C@@H](OCCCCCC(OC(=O)CCCN(C)C)C(C)(C)C(C)(N)C(=O)OC/C=C\C(C)(C)CC(C)C)CC[C@]4(C)C3C[C@@H](C)C21. The van der Waals surface area contributed by atoms with Crippen LogP contribution in [0.2, 0.25) is 0 Å². The van der Waals surface area contributed by atoms with Crippen molar-refractivity contribution in [2.45, 2.75) is 210 Å². The number of fused-ring (bicyclic) bond motifs is 5. The number of unbranched alkanes of at least 4 members (excludes halogenated alkanes) is 2. The van der Waals surface area contributed by atoms with Gasteiger partial charge in [-0.2, -0.15) is 0 Å². The average Bonchev–Trinajstić information content (AvgIpc) is 3.63. The molecule has 0 radical (unpaired) electrons. The Labute approximate surface area is 382 Å². The van der Waals surface area contributed by atoms with Crippen LogP contribution in [0.1, 0.15) is 192 Å². The molecule has 0 heterocycles.